The highest BCUT2D eigenvalue weighted by atomic mass is 16.5. The van der Waals surface area contributed by atoms with Gasteiger partial charge in [0.05, 0.1) is 12.6 Å². The number of nitrogens with one attached hydrogen (secondary N) is 1. The number of amides is 1. The van der Waals surface area contributed by atoms with Crippen molar-refractivity contribution < 1.29 is 24.2 Å². The molecule has 4 N–H and O–H groups in total. The summed E-state index contributed by atoms with van der Waals surface area (Å²) in [6.45, 7) is 4.25. The highest BCUT2D eigenvalue weighted by Gasteiger charge is 2.49. The van der Waals surface area contributed by atoms with E-state index >= 15 is 0 Å². The van der Waals surface area contributed by atoms with Crippen LogP contribution in [0.3, 0.4) is 0 Å². The summed E-state index contributed by atoms with van der Waals surface area (Å²) in [6, 6.07) is -2.02. The van der Waals surface area contributed by atoms with Crippen molar-refractivity contribution in [3.8, 4) is 0 Å². The number of carboxylic acids is 1. The Morgan fingerprint density at radius 2 is 2.04 bits per heavy atom. The number of aliphatic carboxylic acids is 1. The van der Waals surface area contributed by atoms with Gasteiger partial charge in [0.25, 0.3) is 0 Å². The Bertz CT molecular complexity index is 541. The van der Waals surface area contributed by atoms with E-state index in [0.717, 1.165) is 32.1 Å². The van der Waals surface area contributed by atoms with Crippen LogP contribution in [0.1, 0.15) is 58.8 Å². The summed E-state index contributed by atoms with van der Waals surface area (Å²) in [7, 11) is 0. The van der Waals surface area contributed by atoms with Crippen LogP contribution in [0.25, 0.3) is 0 Å². The van der Waals surface area contributed by atoms with Crippen LogP contribution in [0.15, 0.2) is 0 Å². The molecule has 8 heteroatoms. The van der Waals surface area contributed by atoms with Gasteiger partial charge in [0.15, 0.2) is 0 Å². The van der Waals surface area contributed by atoms with Crippen LogP contribution in [0.2, 0.25) is 0 Å². The van der Waals surface area contributed by atoms with E-state index in [4.69, 9.17) is 10.5 Å². The number of nitrogens with two attached hydrogens (primary N) is 1. The molecule has 27 heavy (non-hydrogen) atoms. The Morgan fingerprint density at radius 3 is 2.67 bits per heavy atom. The van der Waals surface area contributed by atoms with Gasteiger partial charge in [0, 0.05) is 6.04 Å². The second-order valence-electron chi connectivity index (χ2n) is 7.57. The molecule has 154 valence electrons. The Balaban J connectivity index is 2.06. The van der Waals surface area contributed by atoms with E-state index in [1.54, 1.807) is 18.7 Å². The number of carboxylic acid groups (broad SMARTS) is 1. The van der Waals surface area contributed by atoms with E-state index in [1.165, 1.54) is 0 Å². The van der Waals surface area contributed by atoms with E-state index in [2.05, 4.69) is 5.32 Å². The number of carbonyl (C=O) groups excluding carboxylic acids is 2. The van der Waals surface area contributed by atoms with Crippen molar-refractivity contribution in [2.75, 3.05) is 13.2 Å². The molecule has 1 saturated carbocycles. The van der Waals surface area contributed by atoms with Gasteiger partial charge in [-0.3, -0.25) is 14.9 Å². The average molecular weight is 383 g/mol. The minimum atomic E-state index is -0.949. The largest absolute Gasteiger partial charge is 0.480 e. The second-order valence-corrected chi connectivity index (χ2v) is 7.57. The number of ether oxygens (including phenoxy) is 1. The van der Waals surface area contributed by atoms with Gasteiger partial charge < -0.3 is 20.5 Å². The van der Waals surface area contributed by atoms with Crippen molar-refractivity contribution >= 4 is 17.8 Å². The molecule has 1 heterocycles. The summed E-state index contributed by atoms with van der Waals surface area (Å²) in [4.78, 5) is 38.5. The van der Waals surface area contributed by atoms with Gasteiger partial charge >= 0.3 is 11.9 Å². The van der Waals surface area contributed by atoms with E-state index in [-0.39, 0.29) is 30.4 Å². The average Bonchev–Trinajstić information content (AvgIpc) is 3.21. The minimum Gasteiger partial charge on any atom is -0.480 e. The van der Waals surface area contributed by atoms with Crippen LogP contribution >= 0.6 is 0 Å². The van der Waals surface area contributed by atoms with Crippen molar-refractivity contribution in [1.82, 2.24) is 10.2 Å². The Kier molecular flexibility index (Phi) is 8.04. The maximum atomic E-state index is 13.1. The first-order valence-corrected chi connectivity index (χ1v) is 10.1. The molecular formula is C19H33N3O5. The third-order valence-electron chi connectivity index (χ3n) is 5.72. The number of esters is 1. The fourth-order valence-electron chi connectivity index (χ4n) is 4.43. The fourth-order valence-corrected chi connectivity index (χ4v) is 4.43. The summed E-state index contributed by atoms with van der Waals surface area (Å²) in [6.07, 6.45) is 5.45. The molecule has 0 spiro atoms. The monoisotopic (exact) mass is 383 g/mol. The summed E-state index contributed by atoms with van der Waals surface area (Å²) in [5.41, 5.74) is 5.52. The molecule has 0 aromatic heterocycles. The van der Waals surface area contributed by atoms with Gasteiger partial charge in [-0.05, 0) is 58.4 Å². The number of fused-ring (bicyclic) bond motifs is 1. The smallest absolute Gasteiger partial charge is 0.326 e. The van der Waals surface area contributed by atoms with E-state index < -0.39 is 24.1 Å². The SMILES string of the molecule is CCOC(=O)[C@H](CCCCN)N[C@@H](C)C(=O)N1[C@H](C(=O)O)C[C@@H]2CCC[C@@H]21. The summed E-state index contributed by atoms with van der Waals surface area (Å²) in [5.74, 6) is -1.31. The molecule has 0 aromatic rings. The zero-order chi connectivity index (χ0) is 20.0. The fraction of sp³-hybridized carbons (Fsp3) is 0.842. The first kappa shape index (κ1) is 21.6. The van der Waals surface area contributed by atoms with Crippen molar-refractivity contribution in [2.45, 2.75) is 83.0 Å². The topological polar surface area (TPSA) is 122 Å². The molecule has 1 saturated heterocycles. The number of likely N-dealkylation sites (tertiary alicyclic amines) is 1. The molecule has 0 aromatic carbocycles. The van der Waals surface area contributed by atoms with E-state index in [0.29, 0.717) is 19.4 Å². The third kappa shape index (κ3) is 5.19. The van der Waals surface area contributed by atoms with Crippen LogP contribution in [0, 0.1) is 5.92 Å². The predicted octanol–water partition coefficient (Wildman–Crippen LogP) is 0.879. The van der Waals surface area contributed by atoms with Crippen LogP contribution in [0.5, 0.6) is 0 Å². The lowest BCUT2D eigenvalue weighted by Crippen LogP contribution is -2.55. The minimum absolute atomic E-state index is 0.00105. The van der Waals surface area contributed by atoms with Gasteiger partial charge in [0.2, 0.25) is 5.91 Å². The Labute approximate surface area is 160 Å². The maximum absolute atomic E-state index is 13.1. The summed E-state index contributed by atoms with van der Waals surface area (Å²) in [5, 5.41) is 12.6. The van der Waals surface area contributed by atoms with Gasteiger partial charge in [-0.15, -0.1) is 0 Å². The van der Waals surface area contributed by atoms with Crippen molar-refractivity contribution in [2.24, 2.45) is 11.7 Å². The molecule has 0 radical (unpaired) electrons. The lowest BCUT2D eigenvalue weighted by molar-refractivity contribution is -0.151. The standard InChI is InChI=1S/C19H33N3O5/c1-3-27-19(26)14(8-4-5-10-20)21-12(2)17(23)22-15-9-6-7-13(15)11-16(22)18(24)25/h12-16,21H,3-11,20H2,1-2H3,(H,24,25)/t12-,13-,14-,15-,16-/m0/s1. The molecule has 1 aliphatic heterocycles. The third-order valence-corrected chi connectivity index (χ3v) is 5.72. The zero-order valence-electron chi connectivity index (χ0n) is 16.4. The number of hydrogen-bond acceptors (Lipinski definition) is 6. The Morgan fingerprint density at radius 1 is 1.30 bits per heavy atom. The van der Waals surface area contributed by atoms with Crippen LogP contribution < -0.4 is 11.1 Å². The van der Waals surface area contributed by atoms with E-state index in [9.17, 15) is 19.5 Å². The number of carbonyl (C=O) groups is 3. The Hall–Kier alpha value is -1.67. The lowest BCUT2D eigenvalue weighted by Gasteiger charge is -2.31. The van der Waals surface area contributed by atoms with Crippen molar-refractivity contribution in [3.05, 3.63) is 0 Å². The highest BCUT2D eigenvalue weighted by molar-refractivity contribution is 5.88. The van der Waals surface area contributed by atoms with Crippen LogP contribution in [-0.2, 0) is 19.1 Å². The number of hydrogen-bond donors (Lipinski definition) is 3. The first-order chi connectivity index (χ1) is 12.9. The van der Waals surface area contributed by atoms with Crippen molar-refractivity contribution in [1.29, 1.82) is 0 Å². The van der Waals surface area contributed by atoms with Crippen molar-refractivity contribution in [3.63, 3.8) is 0 Å². The molecule has 1 amide bonds. The second kappa shape index (κ2) is 10.0. The van der Waals surface area contributed by atoms with Gasteiger partial charge in [-0.2, -0.15) is 0 Å². The van der Waals surface area contributed by atoms with E-state index in [1.807, 2.05) is 0 Å². The molecule has 2 rings (SSSR count). The molecule has 1 aliphatic carbocycles. The highest BCUT2D eigenvalue weighted by Crippen LogP contribution is 2.41. The first-order valence-electron chi connectivity index (χ1n) is 10.1. The quantitative estimate of drug-likeness (QED) is 0.378. The molecule has 0 unspecified atom stereocenters. The molecule has 5 atom stereocenters. The molecule has 0 bridgehead atoms. The molecule has 2 fully saturated rings. The zero-order valence-corrected chi connectivity index (χ0v) is 16.4. The van der Waals surface area contributed by atoms with Crippen LogP contribution in [-0.4, -0.2) is 65.2 Å². The lowest BCUT2D eigenvalue weighted by atomic mass is 10.0. The molecule has 2 aliphatic rings. The number of nitrogens with zero attached hydrogens (tertiary/aromatic N) is 1. The van der Waals surface area contributed by atoms with Crippen LogP contribution in [0.4, 0.5) is 0 Å². The normalized spacial score (nSPS) is 26.5. The summed E-state index contributed by atoms with van der Waals surface area (Å²) >= 11 is 0. The van der Waals surface area contributed by atoms with Gasteiger partial charge in [-0.25, -0.2) is 4.79 Å². The molecular weight excluding hydrogens is 350 g/mol. The summed E-state index contributed by atoms with van der Waals surface area (Å²) < 4.78 is 5.12. The molecule has 8 nitrogen and oxygen atoms in total. The van der Waals surface area contributed by atoms with Gasteiger partial charge in [0.1, 0.15) is 12.1 Å². The number of rotatable bonds is 10. The number of unbranched alkanes of at least 4 members (excludes halogenated alkanes) is 1. The van der Waals surface area contributed by atoms with Gasteiger partial charge in [-0.1, -0.05) is 12.8 Å². The predicted molar refractivity (Wildman–Crippen MR) is 99.9 cm³/mol. The maximum Gasteiger partial charge on any atom is 0.326 e.